The second-order valence-electron chi connectivity index (χ2n) is 5.54. The summed E-state index contributed by atoms with van der Waals surface area (Å²) in [6.07, 6.45) is 4.75. The van der Waals surface area contributed by atoms with Crippen molar-refractivity contribution in [2.45, 2.75) is 53.4 Å². The fraction of sp³-hybridized carbons (Fsp3) is 0.611. The van der Waals surface area contributed by atoms with E-state index in [2.05, 4.69) is 19.2 Å². The van der Waals surface area contributed by atoms with Crippen molar-refractivity contribution >= 4 is 5.91 Å². The number of amides is 1. The van der Waals surface area contributed by atoms with E-state index in [1.807, 2.05) is 32.0 Å². The normalized spacial score (nSPS) is 12.0. The number of nitrogens with one attached hydrogen (secondary N) is 1. The number of unbranched alkanes of at least 4 members (excludes halogenated alkanes) is 1. The minimum absolute atomic E-state index is 0.0103. The lowest BCUT2D eigenvalue weighted by atomic mass is 9.99. The average molecular weight is 291 g/mol. The van der Waals surface area contributed by atoms with Crippen LogP contribution in [0, 0.1) is 12.8 Å². The van der Waals surface area contributed by atoms with E-state index in [0.717, 1.165) is 24.3 Å². The van der Waals surface area contributed by atoms with E-state index in [0.29, 0.717) is 18.1 Å². The third-order valence-electron chi connectivity index (χ3n) is 3.83. The molecule has 0 aliphatic carbocycles. The van der Waals surface area contributed by atoms with Crippen LogP contribution < -0.4 is 10.1 Å². The zero-order chi connectivity index (χ0) is 15.7. The van der Waals surface area contributed by atoms with Gasteiger partial charge in [-0.1, -0.05) is 33.1 Å². The van der Waals surface area contributed by atoms with Gasteiger partial charge in [-0.2, -0.15) is 0 Å². The highest BCUT2D eigenvalue weighted by Gasteiger charge is 2.11. The first-order valence-corrected chi connectivity index (χ1v) is 8.13. The molecule has 1 amide bonds. The maximum absolute atomic E-state index is 12.2. The minimum atomic E-state index is 0.0103. The molecular weight excluding hydrogens is 262 g/mol. The molecule has 0 saturated heterocycles. The van der Waals surface area contributed by atoms with Gasteiger partial charge in [-0.05, 0) is 49.9 Å². The van der Waals surface area contributed by atoms with E-state index in [4.69, 9.17) is 4.74 Å². The molecular formula is C18H29NO2. The van der Waals surface area contributed by atoms with Crippen LogP contribution >= 0.6 is 0 Å². The number of carbonyl (C=O) groups excluding carboxylic acids is 1. The van der Waals surface area contributed by atoms with Gasteiger partial charge in [0, 0.05) is 12.1 Å². The molecule has 1 rings (SSSR count). The maximum atomic E-state index is 12.2. The molecule has 118 valence electrons. The number of carbonyl (C=O) groups is 1. The maximum Gasteiger partial charge on any atom is 0.251 e. The fourth-order valence-corrected chi connectivity index (χ4v) is 2.39. The molecule has 0 aromatic heterocycles. The van der Waals surface area contributed by atoms with Gasteiger partial charge in [0.25, 0.3) is 5.91 Å². The van der Waals surface area contributed by atoms with Crippen molar-refractivity contribution in [3.63, 3.8) is 0 Å². The average Bonchev–Trinajstić information content (AvgIpc) is 2.49. The van der Waals surface area contributed by atoms with Crippen LogP contribution in [0.15, 0.2) is 18.2 Å². The molecule has 1 N–H and O–H groups in total. The number of ether oxygens (including phenoxy) is 1. The minimum Gasteiger partial charge on any atom is -0.494 e. The lowest BCUT2D eigenvalue weighted by molar-refractivity contribution is 0.0945. The monoisotopic (exact) mass is 291 g/mol. The number of benzene rings is 1. The van der Waals surface area contributed by atoms with Gasteiger partial charge < -0.3 is 10.1 Å². The summed E-state index contributed by atoms with van der Waals surface area (Å²) in [7, 11) is 0. The second kappa shape index (κ2) is 9.43. The van der Waals surface area contributed by atoms with Crippen molar-refractivity contribution in [1.29, 1.82) is 0 Å². The third-order valence-corrected chi connectivity index (χ3v) is 3.83. The largest absolute Gasteiger partial charge is 0.494 e. The van der Waals surface area contributed by atoms with Crippen molar-refractivity contribution in [3.8, 4) is 5.75 Å². The van der Waals surface area contributed by atoms with E-state index >= 15 is 0 Å². The molecule has 0 aliphatic rings. The summed E-state index contributed by atoms with van der Waals surface area (Å²) in [6, 6.07) is 5.61. The van der Waals surface area contributed by atoms with Gasteiger partial charge in [-0.3, -0.25) is 4.79 Å². The topological polar surface area (TPSA) is 38.3 Å². The van der Waals surface area contributed by atoms with Gasteiger partial charge in [-0.15, -0.1) is 0 Å². The van der Waals surface area contributed by atoms with Crippen LogP contribution in [0.3, 0.4) is 0 Å². The van der Waals surface area contributed by atoms with Gasteiger partial charge in [0.1, 0.15) is 5.75 Å². The highest BCUT2D eigenvalue weighted by molar-refractivity contribution is 5.94. The Morgan fingerprint density at radius 2 is 2.05 bits per heavy atom. The summed E-state index contributed by atoms with van der Waals surface area (Å²) in [5, 5.41) is 3.06. The zero-order valence-electron chi connectivity index (χ0n) is 13.9. The van der Waals surface area contributed by atoms with E-state index in [1.165, 1.54) is 19.3 Å². The number of hydrogen-bond acceptors (Lipinski definition) is 2. The van der Waals surface area contributed by atoms with Crippen molar-refractivity contribution in [2.24, 2.45) is 5.92 Å². The number of aryl methyl sites for hydroxylation is 1. The van der Waals surface area contributed by atoms with Crippen molar-refractivity contribution in [1.82, 2.24) is 5.32 Å². The van der Waals surface area contributed by atoms with Crippen LogP contribution in [0.25, 0.3) is 0 Å². The summed E-state index contributed by atoms with van der Waals surface area (Å²) in [6.45, 7) is 9.73. The smallest absolute Gasteiger partial charge is 0.251 e. The molecule has 0 bridgehead atoms. The molecule has 3 nitrogen and oxygen atoms in total. The molecule has 0 saturated carbocycles. The standard InChI is InChI=1S/C18H29NO2/c1-5-8-9-15(6-2)13-19-18(20)16-10-11-17(21-7-3)14(4)12-16/h10-12,15H,5-9,13H2,1-4H3,(H,19,20)/t15-/m1/s1. The Morgan fingerprint density at radius 1 is 1.29 bits per heavy atom. The third kappa shape index (κ3) is 5.78. The summed E-state index contributed by atoms with van der Waals surface area (Å²) in [5.41, 5.74) is 1.71. The fourth-order valence-electron chi connectivity index (χ4n) is 2.39. The van der Waals surface area contributed by atoms with Gasteiger partial charge in [0.2, 0.25) is 0 Å². The first-order valence-electron chi connectivity index (χ1n) is 8.13. The van der Waals surface area contributed by atoms with E-state index < -0.39 is 0 Å². The molecule has 0 spiro atoms. The molecule has 21 heavy (non-hydrogen) atoms. The van der Waals surface area contributed by atoms with Crippen LogP contribution in [0.5, 0.6) is 5.75 Å². The Hall–Kier alpha value is -1.51. The lowest BCUT2D eigenvalue weighted by Crippen LogP contribution is -2.29. The van der Waals surface area contributed by atoms with Crippen LogP contribution in [-0.4, -0.2) is 19.1 Å². The number of hydrogen-bond donors (Lipinski definition) is 1. The van der Waals surface area contributed by atoms with Crippen LogP contribution in [0.2, 0.25) is 0 Å². The SMILES string of the molecule is CCCC[C@@H](CC)CNC(=O)c1ccc(OCC)c(C)c1. The predicted octanol–water partition coefficient (Wildman–Crippen LogP) is 4.34. The van der Waals surface area contributed by atoms with Gasteiger partial charge in [-0.25, -0.2) is 0 Å². The van der Waals surface area contributed by atoms with Gasteiger partial charge >= 0.3 is 0 Å². The van der Waals surface area contributed by atoms with Crippen molar-refractivity contribution in [3.05, 3.63) is 29.3 Å². The molecule has 0 heterocycles. The first-order chi connectivity index (χ1) is 10.1. The Kier molecular flexibility index (Phi) is 7.88. The molecule has 0 aliphatic heterocycles. The molecule has 1 atom stereocenters. The molecule has 0 unspecified atom stereocenters. The summed E-state index contributed by atoms with van der Waals surface area (Å²) >= 11 is 0. The molecule has 1 aromatic carbocycles. The van der Waals surface area contributed by atoms with Crippen LogP contribution in [0.4, 0.5) is 0 Å². The van der Waals surface area contributed by atoms with Crippen LogP contribution in [0.1, 0.15) is 62.4 Å². The lowest BCUT2D eigenvalue weighted by Gasteiger charge is -2.15. The highest BCUT2D eigenvalue weighted by Crippen LogP contribution is 2.19. The molecule has 3 heteroatoms. The van der Waals surface area contributed by atoms with E-state index in [1.54, 1.807) is 0 Å². The predicted molar refractivity (Wildman–Crippen MR) is 88.0 cm³/mol. The van der Waals surface area contributed by atoms with Crippen molar-refractivity contribution < 1.29 is 9.53 Å². The van der Waals surface area contributed by atoms with Gasteiger partial charge in [0.05, 0.1) is 6.61 Å². The first kappa shape index (κ1) is 17.5. The van der Waals surface area contributed by atoms with Crippen LogP contribution in [-0.2, 0) is 0 Å². The Morgan fingerprint density at radius 3 is 2.62 bits per heavy atom. The summed E-state index contributed by atoms with van der Waals surface area (Å²) in [5.74, 6) is 1.44. The summed E-state index contributed by atoms with van der Waals surface area (Å²) < 4.78 is 5.50. The highest BCUT2D eigenvalue weighted by atomic mass is 16.5. The zero-order valence-corrected chi connectivity index (χ0v) is 13.9. The summed E-state index contributed by atoms with van der Waals surface area (Å²) in [4.78, 5) is 12.2. The van der Waals surface area contributed by atoms with E-state index in [9.17, 15) is 4.79 Å². The Balaban J connectivity index is 2.57. The molecule has 0 radical (unpaired) electrons. The van der Waals surface area contributed by atoms with E-state index in [-0.39, 0.29) is 5.91 Å². The number of rotatable bonds is 9. The second-order valence-corrected chi connectivity index (χ2v) is 5.54. The Bertz CT molecular complexity index is 443. The Labute approximate surface area is 129 Å². The quantitative estimate of drug-likeness (QED) is 0.735. The molecule has 1 aromatic rings. The van der Waals surface area contributed by atoms with Crippen molar-refractivity contribution in [2.75, 3.05) is 13.2 Å². The van der Waals surface area contributed by atoms with Gasteiger partial charge in [0.15, 0.2) is 0 Å². The molecule has 0 fully saturated rings.